The van der Waals surface area contributed by atoms with E-state index in [1.165, 1.54) is 0 Å². The summed E-state index contributed by atoms with van der Waals surface area (Å²) in [4.78, 5) is 26.0. The van der Waals surface area contributed by atoms with Crippen LogP contribution in [0, 0.1) is 6.92 Å². The molecule has 102 valence electrons. The number of nitrogens with zero attached hydrogens (tertiary/aromatic N) is 1. The maximum atomic E-state index is 12.6. The molecule has 2 amide bonds. The molecule has 0 saturated carbocycles. The summed E-state index contributed by atoms with van der Waals surface area (Å²) < 4.78 is 0. The number of nitrogens with one attached hydrogen (secondary N) is 1. The number of piperazine rings is 1. The summed E-state index contributed by atoms with van der Waals surface area (Å²) in [6.45, 7) is 4.78. The lowest BCUT2D eigenvalue weighted by Crippen LogP contribution is -2.57. The predicted molar refractivity (Wildman–Crippen MR) is 73.7 cm³/mol. The normalized spacial score (nSPS) is 19.2. The van der Waals surface area contributed by atoms with Crippen LogP contribution in [0.2, 0.25) is 0 Å². The van der Waals surface area contributed by atoms with Crippen LogP contribution in [-0.4, -0.2) is 35.8 Å². The molecule has 0 aromatic heterocycles. The summed E-state index contributed by atoms with van der Waals surface area (Å²) >= 11 is 0. The first-order valence-corrected chi connectivity index (χ1v) is 6.50. The molecule has 0 radical (unpaired) electrons. The summed E-state index contributed by atoms with van der Waals surface area (Å²) in [6.07, 6.45) is 0.600. The summed E-state index contributed by atoms with van der Waals surface area (Å²) in [7, 11) is 0. The van der Waals surface area contributed by atoms with Gasteiger partial charge in [0.1, 0.15) is 6.04 Å². The molecule has 0 aliphatic carbocycles. The molecule has 1 unspecified atom stereocenters. The fourth-order valence-electron chi connectivity index (χ4n) is 2.39. The molecule has 0 bridgehead atoms. The molecule has 0 spiro atoms. The third kappa shape index (κ3) is 2.41. The van der Waals surface area contributed by atoms with E-state index in [0.29, 0.717) is 30.8 Å². The molecule has 1 aromatic carbocycles. The van der Waals surface area contributed by atoms with E-state index in [1.54, 1.807) is 11.0 Å². The number of hydrogen-bond acceptors (Lipinski definition) is 3. The minimum absolute atomic E-state index is 0.0895. The smallest absolute Gasteiger partial charge is 0.256 e. The Bertz CT molecular complexity index is 513. The summed E-state index contributed by atoms with van der Waals surface area (Å²) in [5.74, 6) is -0.253. The molecule has 1 atom stereocenters. The van der Waals surface area contributed by atoms with Crippen LogP contribution < -0.4 is 11.1 Å². The van der Waals surface area contributed by atoms with Crippen molar-refractivity contribution >= 4 is 17.5 Å². The molecule has 5 heteroatoms. The molecule has 1 fully saturated rings. The third-order valence-corrected chi connectivity index (χ3v) is 3.53. The van der Waals surface area contributed by atoms with Gasteiger partial charge in [0.2, 0.25) is 5.91 Å². The van der Waals surface area contributed by atoms with Crippen LogP contribution in [0.5, 0.6) is 0 Å². The standard InChI is InChI=1S/C14H19N3O2/c1-3-11-13(18)16-7-8-17(11)14(19)10-6-4-5-9(2)12(10)15/h4-6,11H,3,7-8,15H2,1-2H3,(H,16,18). The van der Waals surface area contributed by atoms with Crippen molar-refractivity contribution in [3.63, 3.8) is 0 Å². The number of anilines is 1. The monoisotopic (exact) mass is 261 g/mol. The van der Waals surface area contributed by atoms with Crippen molar-refractivity contribution in [3.05, 3.63) is 29.3 Å². The van der Waals surface area contributed by atoms with Crippen molar-refractivity contribution < 1.29 is 9.59 Å². The Morgan fingerprint density at radius 2 is 2.26 bits per heavy atom. The van der Waals surface area contributed by atoms with Gasteiger partial charge in [0.25, 0.3) is 5.91 Å². The molecule has 3 N–H and O–H groups in total. The molecule has 1 heterocycles. The van der Waals surface area contributed by atoms with Crippen LogP contribution in [0.25, 0.3) is 0 Å². The predicted octanol–water partition coefficient (Wildman–Crippen LogP) is 0.928. The number of amides is 2. The number of aryl methyl sites for hydroxylation is 1. The number of carbonyl (C=O) groups is 2. The Kier molecular flexibility index (Phi) is 3.74. The number of rotatable bonds is 2. The minimum Gasteiger partial charge on any atom is -0.398 e. The van der Waals surface area contributed by atoms with Gasteiger partial charge in [-0.2, -0.15) is 0 Å². The van der Waals surface area contributed by atoms with E-state index in [4.69, 9.17) is 5.73 Å². The van der Waals surface area contributed by atoms with Crippen LogP contribution in [-0.2, 0) is 4.79 Å². The number of para-hydroxylation sites is 1. The topological polar surface area (TPSA) is 75.4 Å². The molecule has 1 aliphatic rings. The van der Waals surface area contributed by atoms with Gasteiger partial charge < -0.3 is 16.0 Å². The highest BCUT2D eigenvalue weighted by molar-refractivity contribution is 6.02. The second-order valence-corrected chi connectivity index (χ2v) is 4.75. The first-order valence-electron chi connectivity index (χ1n) is 6.50. The Labute approximate surface area is 112 Å². The van der Waals surface area contributed by atoms with Gasteiger partial charge in [-0.25, -0.2) is 0 Å². The second kappa shape index (κ2) is 5.30. The van der Waals surface area contributed by atoms with Gasteiger partial charge in [-0.05, 0) is 25.0 Å². The van der Waals surface area contributed by atoms with Gasteiger partial charge in [-0.15, -0.1) is 0 Å². The Balaban J connectivity index is 2.32. The summed E-state index contributed by atoms with van der Waals surface area (Å²) in [5.41, 5.74) is 7.81. The maximum absolute atomic E-state index is 12.6. The maximum Gasteiger partial charge on any atom is 0.256 e. The second-order valence-electron chi connectivity index (χ2n) is 4.75. The van der Waals surface area contributed by atoms with Crippen LogP contribution in [0.3, 0.4) is 0 Å². The first-order chi connectivity index (χ1) is 9.06. The molecule has 2 rings (SSSR count). The van der Waals surface area contributed by atoms with E-state index in [9.17, 15) is 9.59 Å². The molecule has 19 heavy (non-hydrogen) atoms. The zero-order valence-electron chi connectivity index (χ0n) is 11.3. The van der Waals surface area contributed by atoms with Crippen molar-refractivity contribution in [1.82, 2.24) is 10.2 Å². The SMILES string of the molecule is CCC1C(=O)NCCN1C(=O)c1cccc(C)c1N. The highest BCUT2D eigenvalue weighted by Crippen LogP contribution is 2.21. The third-order valence-electron chi connectivity index (χ3n) is 3.53. The first kappa shape index (κ1) is 13.4. The molecule has 1 aromatic rings. The molecule has 5 nitrogen and oxygen atoms in total. The Hall–Kier alpha value is -2.04. The summed E-state index contributed by atoms with van der Waals surface area (Å²) in [5, 5.41) is 2.78. The van der Waals surface area contributed by atoms with E-state index in [-0.39, 0.29) is 11.8 Å². The van der Waals surface area contributed by atoms with E-state index < -0.39 is 6.04 Å². The highest BCUT2D eigenvalue weighted by atomic mass is 16.2. The number of hydrogen-bond donors (Lipinski definition) is 2. The lowest BCUT2D eigenvalue weighted by molar-refractivity contribution is -0.127. The van der Waals surface area contributed by atoms with Crippen molar-refractivity contribution in [2.45, 2.75) is 26.3 Å². The zero-order chi connectivity index (χ0) is 14.0. The van der Waals surface area contributed by atoms with Gasteiger partial charge in [0.05, 0.1) is 5.56 Å². The van der Waals surface area contributed by atoms with E-state index in [2.05, 4.69) is 5.32 Å². The largest absolute Gasteiger partial charge is 0.398 e. The van der Waals surface area contributed by atoms with Crippen LogP contribution in [0.15, 0.2) is 18.2 Å². The van der Waals surface area contributed by atoms with Gasteiger partial charge in [-0.1, -0.05) is 19.1 Å². The van der Waals surface area contributed by atoms with Gasteiger partial charge >= 0.3 is 0 Å². The van der Waals surface area contributed by atoms with E-state index in [1.807, 2.05) is 26.0 Å². The zero-order valence-corrected chi connectivity index (χ0v) is 11.3. The number of nitrogens with two attached hydrogens (primary N) is 1. The van der Waals surface area contributed by atoms with Crippen molar-refractivity contribution in [2.75, 3.05) is 18.8 Å². The van der Waals surface area contributed by atoms with Crippen molar-refractivity contribution in [1.29, 1.82) is 0 Å². The Morgan fingerprint density at radius 1 is 1.53 bits per heavy atom. The number of nitrogen functional groups attached to an aromatic ring is 1. The lowest BCUT2D eigenvalue weighted by atomic mass is 10.0. The fourth-order valence-corrected chi connectivity index (χ4v) is 2.39. The molecule has 1 saturated heterocycles. The van der Waals surface area contributed by atoms with Crippen LogP contribution in [0.1, 0.15) is 29.3 Å². The average molecular weight is 261 g/mol. The van der Waals surface area contributed by atoms with Crippen molar-refractivity contribution in [2.24, 2.45) is 0 Å². The van der Waals surface area contributed by atoms with Gasteiger partial charge in [0.15, 0.2) is 0 Å². The molecular weight excluding hydrogens is 242 g/mol. The highest BCUT2D eigenvalue weighted by Gasteiger charge is 2.32. The molecule has 1 aliphatic heterocycles. The van der Waals surface area contributed by atoms with Gasteiger partial charge in [-0.3, -0.25) is 9.59 Å². The van der Waals surface area contributed by atoms with E-state index >= 15 is 0 Å². The van der Waals surface area contributed by atoms with Crippen LogP contribution >= 0.6 is 0 Å². The minimum atomic E-state index is -0.402. The van der Waals surface area contributed by atoms with Crippen molar-refractivity contribution in [3.8, 4) is 0 Å². The molecular formula is C14H19N3O2. The lowest BCUT2D eigenvalue weighted by Gasteiger charge is -2.34. The van der Waals surface area contributed by atoms with E-state index in [0.717, 1.165) is 5.56 Å². The van der Waals surface area contributed by atoms with Gasteiger partial charge in [0, 0.05) is 18.8 Å². The fraction of sp³-hybridized carbons (Fsp3) is 0.429. The summed E-state index contributed by atoms with van der Waals surface area (Å²) in [6, 6.07) is 4.99. The van der Waals surface area contributed by atoms with Crippen LogP contribution in [0.4, 0.5) is 5.69 Å². The Morgan fingerprint density at radius 3 is 2.95 bits per heavy atom. The number of benzene rings is 1. The number of carbonyl (C=O) groups excluding carboxylic acids is 2. The quantitative estimate of drug-likeness (QED) is 0.778. The average Bonchev–Trinajstić information content (AvgIpc) is 2.41.